The van der Waals surface area contributed by atoms with Crippen LogP contribution < -0.4 is 16.3 Å². The molecule has 0 aromatic heterocycles. The van der Waals surface area contributed by atoms with E-state index in [4.69, 9.17) is 11.0 Å². The monoisotopic (exact) mass is 529 g/mol. The highest BCUT2D eigenvalue weighted by Crippen LogP contribution is 2.28. The third kappa shape index (κ3) is 6.68. The predicted octanol–water partition coefficient (Wildman–Crippen LogP) is 1.73. The Kier molecular flexibility index (Phi) is 8.13. The van der Waals surface area contributed by atoms with E-state index in [2.05, 4.69) is 10.4 Å². The minimum Gasteiger partial charge on any atom is -0.373 e. The SMILES string of the molecule is CN(C(=O)[C@H](Cc1cccc(C=NN)c1)Nc1ccc(-c2ccccc2S(N)(=O)=O)cc1)S(C)(=O)=O. The van der Waals surface area contributed by atoms with E-state index in [-0.39, 0.29) is 11.3 Å². The smallest absolute Gasteiger partial charge is 0.258 e. The molecule has 0 heterocycles. The van der Waals surface area contributed by atoms with Gasteiger partial charge in [0.05, 0.1) is 17.4 Å². The van der Waals surface area contributed by atoms with Gasteiger partial charge in [-0.1, -0.05) is 54.6 Å². The summed E-state index contributed by atoms with van der Waals surface area (Å²) in [4.78, 5) is 13.1. The lowest BCUT2D eigenvalue weighted by Crippen LogP contribution is -2.44. The molecule has 3 rings (SSSR count). The molecule has 0 aliphatic rings. The average molecular weight is 530 g/mol. The molecule has 5 N–H and O–H groups in total. The van der Waals surface area contributed by atoms with Gasteiger partial charge in [0.1, 0.15) is 6.04 Å². The van der Waals surface area contributed by atoms with Crippen molar-refractivity contribution in [3.63, 3.8) is 0 Å². The number of carbonyl (C=O) groups is 1. The lowest BCUT2D eigenvalue weighted by atomic mass is 10.0. The van der Waals surface area contributed by atoms with Gasteiger partial charge in [0, 0.05) is 24.7 Å². The predicted molar refractivity (Wildman–Crippen MR) is 140 cm³/mol. The number of nitrogens with zero attached hydrogens (tertiary/aromatic N) is 2. The van der Waals surface area contributed by atoms with E-state index < -0.39 is 32.0 Å². The third-order valence-electron chi connectivity index (χ3n) is 5.45. The molecule has 1 amide bonds. The summed E-state index contributed by atoms with van der Waals surface area (Å²) in [7, 11) is -6.49. The largest absolute Gasteiger partial charge is 0.373 e. The quantitative estimate of drug-likeness (QED) is 0.216. The van der Waals surface area contributed by atoms with Crippen LogP contribution in [0.2, 0.25) is 0 Å². The van der Waals surface area contributed by atoms with Crippen LogP contribution in [0.3, 0.4) is 0 Å². The highest BCUT2D eigenvalue weighted by atomic mass is 32.2. The van der Waals surface area contributed by atoms with Crippen LogP contribution in [0, 0.1) is 0 Å². The summed E-state index contributed by atoms with van der Waals surface area (Å²) in [5, 5.41) is 11.9. The first kappa shape index (κ1) is 26.9. The van der Waals surface area contributed by atoms with Crippen LogP contribution in [0.25, 0.3) is 11.1 Å². The Morgan fingerprint density at radius 2 is 1.69 bits per heavy atom. The van der Waals surface area contributed by atoms with Crippen LogP contribution in [0.1, 0.15) is 11.1 Å². The molecular formula is C24H27N5O5S2. The van der Waals surface area contributed by atoms with Crippen molar-refractivity contribution in [2.75, 3.05) is 18.6 Å². The fourth-order valence-corrected chi connectivity index (χ4v) is 4.82. The molecule has 0 radical (unpaired) electrons. The van der Waals surface area contributed by atoms with Gasteiger partial charge in [-0.15, -0.1) is 0 Å². The van der Waals surface area contributed by atoms with E-state index in [0.717, 1.165) is 17.4 Å². The van der Waals surface area contributed by atoms with Crippen LogP contribution >= 0.6 is 0 Å². The number of hydrazone groups is 1. The van der Waals surface area contributed by atoms with Gasteiger partial charge in [-0.25, -0.2) is 26.3 Å². The number of likely N-dealkylation sites (N-methyl/N-ethyl adjacent to an activating group) is 1. The van der Waals surface area contributed by atoms with Crippen molar-refractivity contribution in [2.45, 2.75) is 17.4 Å². The van der Waals surface area contributed by atoms with Crippen molar-refractivity contribution in [3.05, 3.63) is 83.9 Å². The molecule has 3 aromatic rings. The maximum absolute atomic E-state index is 13.1. The number of hydrogen-bond donors (Lipinski definition) is 3. The Morgan fingerprint density at radius 1 is 1.03 bits per heavy atom. The molecular weight excluding hydrogens is 502 g/mol. The van der Waals surface area contributed by atoms with Crippen molar-refractivity contribution in [1.82, 2.24) is 4.31 Å². The van der Waals surface area contributed by atoms with Crippen molar-refractivity contribution in [3.8, 4) is 11.1 Å². The molecule has 1 atom stereocenters. The maximum atomic E-state index is 13.1. The van der Waals surface area contributed by atoms with Gasteiger partial charge < -0.3 is 11.2 Å². The Hall–Kier alpha value is -3.74. The topological polar surface area (TPSA) is 165 Å². The lowest BCUT2D eigenvalue weighted by Gasteiger charge is -2.24. The summed E-state index contributed by atoms with van der Waals surface area (Å²) in [6, 6.07) is 19.4. The van der Waals surface area contributed by atoms with Gasteiger partial charge in [-0.2, -0.15) is 5.10 Å². The number of anilines is 1. The van der Waals surface area contributed by atoms with Crippen molar-refractivity contribution in [1.29, 1.82) is 0 Å². The first-order valence-electron chi connectivity index (χ1n) is 10.7. The van der Waals surface area contributed by atoms with E-state index in [1.165, 1.54) is 19.3 Å². The van der Waals surface area contributed by atoms with Gasteiger partial charge in [0.2, 0.25) is 20.0 Å². The first-order valence-corrected chi connectivity index (χ1v) is 14.1. The van der Waals surface area contributed by atoms with Crippen LogP contribution in [-0.4, -0.2) is 52.6 Å². The second-order valence-corrected chi connectivity index (χ2v) is 11.7. The molecule has 0 aliphatic carbocycles. The van der Waals surface area contributed by atoms with Gasteiger partial charge in [0.15, 0.2) is 0 Å². The summed E-state index contributed by atoms with van der Waals surface area (Å²) in [5.74, 6) is 4.59. The number of hydrogen-bond acceptors (Lipinski definition) is 8. The molecule has 0 aliphatic heterocycles. The standard InChI is InChI=1S/C24H27N5O5S2/c1-29(35(2,31)32)24(30)22(15-17-6-5-7-18(14-17)16-27-25)28-20-12-10-19(11-13-20)21-8-3-4-9-23(21)36(26,33)34/h3-14,16,22,28H,15,25H2,1-2H3,(H2,26,33,34)/t22-/m0/s1. The molecule has 190 valence electrons. The summed E-state index contributed by atoms with van der Waals surface area (Å²) in [6.45, 7) is 0. The molecule has 0 bridgehead atoms. The fourth-order valence-electron chi connectivity index (χ4n) is 3.61. The third-order valence-corrected chi connectivity index (χ3v) is 7.59. The molecule has 0 fully saturated rings. The Balaban J connectivity index is 1.93. The van der Waals surface area contributed by atoms with Gasteiger partial charge in [-0.05, 0) is 34.9 Å². The molecule has 0 saturated heterocycles. The second-order valence-electron chi connectivity index (χ2n) is 8.11. The number of primary sulfonamides is 1. The van der Waals surface area contributed by atoms with Gasteiger partial charge in [-0.3, -0.25) is 4.79 Å². The first-order chi connectivity index (χ1) is 16.9. The average Bonchev–Trinajstić information content (AvgIpc) is 2.82. The van der Waals surface area contributed by atoms with Gasteiger partial charge >= 0.3 is 0 Å². The molecule has 36 heavy (non-hydrogen) atoms. The van der Waals surface area contributed by atoms with Crippen LogP contribution in [0.4, 0.5) is 5.69 Å². The number of amides is 1. The lowest BCUT2D eigenvalue weighted by molar-refractivity contribution is -0.126. The second kappa shape index (κ2) is 10.9. The zero-order valence-corrected chi connectivity index (χ0v) is 21.3. The van der Waals surface area contributed by atoms with E-state index in [1.807, 2.05) is 6.07 Å². The minimum atomic E-state index is -3.93. The van der Waals surface area contributed by atoms with Crippen LogP contribution in [0.15, 0.2) is 82.8 Å². The highest BCUT2D eigenvalue weighted by Gasteiger charge is 2.27. The summed E-state index contributed by atoms with van der Waals surface area (Å²) in [6.07, 6.45) is 2.60. The minimum absolute atomic E-state index is 0.00515. The Bertz CT molecular complexity index is 1490. The molecule has 10 nitrogen and oxygen atoms in total. The zero-order valence-electron chi connectivity index (χ0n) is 19.7. The number of nitrogens with one attached hydrogen (secondary N) is 1. The van der Waals surface area contributed by atoms with Gasteiger partial charge in [0.25, 0.3) is 5.91 Å². The van der Waals surface area contributed by atoms with Crippen molar-refractivity contribution < 1.29 is 21.6 Å². The Morgan fingerprint density at radius 3 is 2.31 bits per heavy atom. The van der Waals surface area contributed by atoms with Crippen molar-refractivity contribution >= 4 is 37.9 Å². The number of carbonyl (C=O) groups excluding carboxylic acids is 1. The highest BCUT2D eigenvalue weighted by molar-refractivity contribution is 7.89. The summed E-state index contributed by atoms with van der Waals surface area (Å²) < 4.78 is 48.7. The van der Waals surface area contributed by atoms with E-state index in [0.29, 0.717) is 21.1 Å². The van der Waals surface area contributed by atoms with E-state index >= 15 is 0 Å². The molecule has 0 unspecified atom stereocenters. The molecule has 0 saturated carbocycles. The Labute approximate surface area is 210 Å². The molecule has 0 spiro atoms. The number of rotatable bonds is 9. The zero-order chi connectivity index (χ0) is 26.5. The van der Waals surface area contributed by atoms with Crippen LogP contribution in [0.5, 0.6) is 0 Å². The van der Waals surface area contributed by atoms with E-state index in [9.17, 15) is 21.6 Å². The maximum Gasteiger partial charge on any atom is 0.258 e. The number of nitrogens with two attached hydrogens (primary N) is 2. The normalized spacial score (nSPS) is 12.9. The summed E-state index contributed by atoms with van der Waals surface area (Å²) in [5.41, 5.74) is 3.07. The van der Waals surface area contributed by atoms with Crippen LogP contribution in [-0.2, 0) is 31.3 Å². The molecule has 3 aromatic carbocycles. The fraction of sp³-hybridized carbons (Fsp3) is 0.167. The molecule has 12 heteroatoms. The van der Waals surface area contributed by atoms with Crippen molar-refractivity contribution in [2.24, 2.45) is 16.1 Å². The summed E-state index contributed by atoms with van der Waals surface area (Å²) >= 11 is 0. The number of benzene rings is 3. The number of sulfonamides is 2. The van der Waals surface area contributed by atoms with E-state index in [1.54, 1.807) is 60.7 Å².